The molecule has 0 radical (unpaired) electrons. The summed E-state index contributed by atoms with van der Waals surface area (Å²) in [5.41, 5.74) is 0.836. The van der Waals surface area contributed by atoms with Crippen LogP contribution in [0.1, 0.15) is 11.3 Å². The van der Waals surface area contributed by atoms with Gasteiger partial charge in [0, 0.05) is 28.8 Å². The number of anilines is 1. The van der Waals surface area contributed by atoms with Gasteiger partial charge in [-0.3, -0.25) is 9.59 Å². The number of nitrogens with zero attached hydrogens (tertiary/aromatic N) is 1. The van der Waals surface area contributed by atoms with Gasteiger partial charge in [-0.1, -0.05) is 18.2 Å². The lowest BCUT2D eigenvalue weighted by Crippen LogP contribution is -2.33. The van der Waals surface area contributed by atoms with Gasteiger partial charge in [-0.25, -0.2) is 9.78 Å². The lowest BCUT2D eigenvalue weighted by molar-refractivity contribution is -0.123. The molecule has 2 aromatic carbocycles. The molecule has 0 saturated heterocycles. The molecule has 10 heteroatoms. The zero-order valence-electron chi connectivity index (χ0n) is 19.4. The molecule has 9 nitrogen and oxygen atoms in total. The van der Waals surface area contributed by atoms with Crippen molar-refractivity contribution in [1.82, 2.24) is 10.3 Å². The van der Waals surface area contributed by atoms with Gasteiger partial charge < -0.3 is 24.2 Å². The summed E-state index contributed by atoms with van der Waals surface area (Å²) in [5, 5.41) is 9.47. The van der Waals surface area contributed by atoms with Crippen LogP contribution in [-0.2, 0) is 16.0 Å². The highest BCUT2D eigenvalue weighted by atomic mass is 32.1. The van der Waals surface area contributed by atoms with Crippen LogP contribution in [0, 0.1) is 6.92 Å². The summed E-state index contributed by atoms with van der Waals surface area (Å²) in [4.78, 5) is 41.7. The van der Waals surface area contributed by atoms with E-state index < -0.39 is 17.4 Å². The van der Waals surface area contributed by atoms with Crippen LogP contribution >= 0.6 is 11.3 Å². The van der Waals surface area contributed by atoms with E-state index in [1.165, 1.54) is 11.3 Å². The Hall–Kier alpha value is -4.44. The topological polar surface area (TPSA) is 124 Å². The SMILES string of the molecule is COc1ccc2cc(-c3oc4cc(C)oc(=O)c4c3CC(=O)NCC(=O)Nc3nccs3)ccc2c1. The fraction of sp³-hybridized carbons (Fsp3) is 0.154. The number of methoxy groups -OCH3 is 1. The van der Waals surface area contributed by atoms with Gasteiger partial charge >= 0.3 is 5.63 Å². The van der Waals surface area contributed by atoms with E-state index in [2.05, 4.69) is 15.6 Å². The number of nitrogens with one attached hydrogen (secondary N) is 2. The molecular weight excluding hydrogens is 482 g/mol. The van der Waals surface area contributed by atoms with Crippen molar-refractivity contribution >= 4 is 50.0 Å². The Morgan fingerprint density at radius 1 is 1.06 bits per heavy atom. The highest BCUT2D eigenvalue weighted by molar-refractivity contribution is 7.13. The van der Waals surface area contributed by atoms with Crippen LogP contribution in [0.15, 0.2) is 67.7 Å². The van der Waals surface area contributed by atoms with Crippen LogP contribution < -0.4 is 21.0 Å². The van der Waals surface area contributed by atoms with Crippen molar-refractivity contribution in [2.75, 3.05) is 19.0 Å². The fourth-order valence-corrected chi connectivity index (χ4v) is 4.51. The highest BCUT2D eigenvalue weighted by Crippen LogP contribution is 2.35. The first kappa shape index (κ1) is 23.3. The number of aryl methyl sites for hydroxylation is 1. The number of carbonyl (C=O) groups is 2. The number of hydrogen-bond donors (Lipinski definition) is 2. The molecule has 5 aromatic rings. The first-order chi connectivity index (χ1) is 17.4. The van der Waals surface area contributed by atoms with Crippen molar-refractivity contribution in [3.63, 3.8) is 0 Å². The second-order valence-corrected chi connectivity index (χ2v) is 8.95. The number of rotatable bonds is 7. The molecule has 0 aliphatic carbocycles. The number of benzene rings is 2. The third-order valence-electron chi connectivity index (χ3n) is 5.60. The van der Waals surface area contributed by atoms with E-state index in [1.807, 2.05) is 36.4 Å². The number of thiazole rings is 1. The molecule has 0 unspecified atom stereocenters. The lowest BCUT2D eigenvalue weighted by Gasteiger charge is -2.07. The number of carbonyl (C=O) groups excluding carboxylic acids is 2. The third kappa shape index (κ3) is 4.71. The molecule has 2 N–H and O–H groups in total. The van der Waals surface area contributed by atoms with Crippen LogP contribution in [0.5, 0.6) is 5.75 Å². The number of fused-ring (bicyclic) bond motifs is 2. The standard InChI is InChI=1S/C26H21N3O6S/c1-14-9-20-23(25(32)34-14)19(12-21(30)28-13-22(31)29-26-27-7-8-36-26)24(35-20)17-4-3-16-11-18(33-2)6-5-15(16)10-17/h3-11H,12-13H2,1-2H3,(H,28,30)(H,27,29,31). The van der Waals surface area contributed by atoms with Crippen LogP contribution in [0.4, 0.5) is 5.13 Å². The zero-order chi connectivity index (χ0) is 25.2. The molecule has 36 heavy (non-hydrogen) atoms. The Bertz CT molecular complexity index is 1650. The van der Waals surface area contributed by atoms with E-state index in [9.17, 15) is 14.4 Å². The van der Waals surface area contributed by atoms with Crippen molar-refractivity contribution in [2.24, 2.45) is 0 Å². The van der Waals surface area contributed by atoms with Gasteiger partial charge in [0.25, 0.3) is 0 Å². The molecule has 5 rings (SSSR count). The maximum Gasteiger partial charge on any atom is 0.347 e. The van der Waals surface area contributed by atoms with Gasteiger partial charge in [-0.05, 0) is 35.9 Å². The number of amides is 2. The predicted octanol–water partition coefficient (Wildman–Crippen LogP) is 4.28. The van der Waals surface area contributed by atoms with Crippen LogP contribution in [-0.4, -0.2) is 30.5 Å². The van der Waals surface area contributed by atoms with E-state index in [0.29, 0.717) is 33.4 Å². The number of furan rings is 1. The van der Waals surface area contributed by atoms with Crippen LogP contribution in [0.3, 0.4) is 0 Å². The molecule has 0 aliphatic heterocycles. The zero-order valence-corrected chi connectivity index (χ0v) is 20.2. The fourth-order valence-electron chi connectivity index (χ4n) is 3.97. The minimum Gasteiger partial charge on any atom is -0.497 e. The van der Waals surface area contributed by atoms with Gasteiger partial charge in [-0.2, -0.15) is 0 Å². The minimum absolute atomic E-state index is 0.179. The van der Waals surface area contributed by atoms with E-state index >= 15 is 0 Å². The van der Waals surface area contributed by atoms with Crippen molar-refractivity contribution in [1.29, 1.82) is 0 Å². The largest absolute Gasteiger partial charge is 0.497 e. The smallest absolute Gasteiger partial charge is 0.347 e. The lowest BCUT2D eigenvalue weighted by atomic mass is 10.0. The summed E-state index contributed by atoms with van der Waals surface area (Å²) < 4.78 is 16.7. The van der Waals surface area contributed by atoms with Crippen LogP contribution in [0.25, 0.3) is 33.1 Å². The first-order valence-corrected chi connectivity index (χ1v) is 11.9. The highest BCUT2D eigenvalue weighted by Gasteiger charge is 2.23. The van der Waals surface area contributed by atoms with Crippen molar-refractivity contribution < 1.29 is 23.2 Å². The molecule has 2 amide bonds. The van der Waals surface area contributed by atoms with Gasteiger partial charge in [0.05, 0.1) is 20.1 Å². The molecule has 0 spiro atoms. The Balaban J connectivity index is 1.47. The number of ether oxygens (including phenoxy) is 1. The maximum absolute atomic E-state index is 12.8. The summed E-state index contributed by atoms with van der Waals surface area (Å²) in [6.45, 7) is 1.41. The van der Waals surface area contributed by atoms with Gasteiger partial charge in [-0.15, -0.1) is 11.3 Å². The molecule has 3 aromatic heterocycles. The van der Waals surface area contributed by atoms with E-state index in [4.69, 9.17) is 13.6 Å². The van der Waals surface area contributed by atoms with Gasteiger partial charge in [0.2, 0.25) is 11.8 Å². The predicted molar refractivity (Wildman–Crippen MR) is 136 cm³/mol. The second kappa shape index (κ2) is 9.67. The summed E-state index contributed by atoms with van der Waals surface area (Å²) in [6, 6.07) is 13.0. The van der Waals surface area contributed by atoms with Crippen molar-refractivity contribution in [3.8, 4) is 17.1 Å². The van der Waals surface area contributed by atoms with Gasteiger partial charge in [0.15, 0.2) is 5.13 Å². The summed E-state index contributed by atoms with van der Waals surface area (Å²) in [7, 11) is 1.61. The summed E-state index contributed by atoms with van der Waals surface area (Å²) in [5.74, 6) is 0.675. The molecule has 0 aliphatic rings. The molecule has 0 bridgehead atoms. The molecule has 3 heterocycles. The average molecular weight is 504 g/mol. The Kier molecular flexibility index (Phi) is 6.26. The van der Waals surface area contributed by atoms with Crippen molar-refractivity contribution in [2.45, 2.75) is 13.3 Å². The van der Waals surface area contributed by atoms with Crippen LogP contribution in [0.2, 0.25) is 0 Å². The van der Waals surface area contributed by atoms with E-state index in [0.717, 1.165) is 16.5 Å². The number of aromatic nitrogens is 1. The Morgan fingerprint density at radius 3 is 2.64 bits per heavy atom. The molecule has 0 atom stereocenters. The third-order valence-corrected chi connectivity index (χ3v) is 6.29. The van der Waals surface area contributed by atoms with Crippen molar-refractivity contribution in [3.05, 3.63) is 75.8 Å². The average Bonchev–Trinajstić information content (AvgIpc) is 3.50. The summed E-state index contributed by atoms with van der Waals surface area (Å²) in [6.07, 6.45) is 1.39. The molecular formula is C26H21N3O6S. The maximum atomic E-state index is 12.8. The molecule has 0 fully saturated rings. The molecule has 182 valence electrons. The number of hydrogen-bond acceptors (Lipinski definition) is 8. The van der Waals surface area contributed by atoms with E-state index in [1.54, 1.807) is 31.7 Å². The summed E-state index contributed by atoms with van der Waals surface area (Å²) >= 11 is 1.28. The van der Waals surface area contributed by atoms with E-state index in [-0.39, 0.29) is 18.4 Å². The first-order valence-electron chi connectivity index (χ1n) is 11.0. The monoisotopic (exact) mass is 503 g/mol. The normalized spacial score (nSPS) is 11.1. The van der Waals surface area contributed by atoms with Gasteiger partial charge in [0.1, 0.15) is 28.2 Å². The minimum atomic E-state index is -0.588. The Morgan fingerprint density at radius 2 is 1.86 bits per heavy atom. The second-order valence-electron chi connectivity index (χ2n) is 8.06. The molecule has 0 saturated carbocycles. The Labute approximate surface area is 208 Å². The quantitative estimate of drug-likeness (QED) is 0.340.